The van der Waals surface area contributed by atoms with Gasteiger partial charge in [-0.05, 0) is 13.3 Å². The minimum Gasteiger partial charge on any atom is -0.383 e. The van der Waals surface area contributed by atoms with Gasteiger partial charge in [-0.2, -0.15) is 5.10 Å². The minimum atomic E-state index is 0.314. The van der Waals surface area contributed by atoms with Crippen LogP contribution in [0, 0.1) is 0 Å². The predicted molar refractivity (Wildman–Crippen MR) is 57.5 cm³/mol. The lowest BCUT2D eigenvalue weighted by Gasteiger charge is -2.13. The first-order chi connectivity index (χ1) is 6.67. The van der Waals surface area contributed by atoms with Crippen LogP contribution in [0.2, 0.25) is 0 Å². The summed E-state index contributed by atoms with van der Waals surface area (Å²) >= 11 is 0. The second-order valence-corrected chi connectivity index (χ2v) is 3.52. The van der Waals surface area contributed by atoms with Crippen molar-refractivity contribution in [2.45, 2.75) is 26.3 Å². The Bertz CT molecular complexity index is 283. The van der Waals surface area contributed by atoms with Crippen LogP contribution in [0.4, 0.5) is 5.69 Å². The topological polar surface area (TPSA) is 39.1 Å². The largest absolute Gasteiger partial charge is 0.383 e. The highest BCUT2D eigenvalue weighted by Crippen LogP contribution is 2.14. The van der Waals surface area contributed by atoms with Gasteiger partial charge in [0.05, 0.1) is 18.0 Å². The highest BCUT2D eigenvalue weighted by Gasteiger charge is 2.08. The molecule has 0 aliphatic rings. The first-order valence-electron chi connectivity index (χ1n) is 4.95. The van der Waals surface area contributed by atoms with Crippen molar-refractivity contribution in [3.05, 3.63) is 11.9 Å². The molecule has 4 nitrogen and oxygen atoms in total. The summed E-state index contributed by atoms with van der Waals surface area (Å²) in [5, 5.41) is 7.73. The third kappa shape index (κ3) is 2.73. The van der Waals surface area contributed by atoms with Gasteiger partial charge in [-0.1, -0.05) is 6.92 Å². The Labute approximate surface area is 85.3 Å². The molecule has 1 N–H and O–H groups in total. The zero-order valence-corrected chi connectivity index (χ0v) is 9.37. The van der Waals surface area contributed by atoms with Crippen LogP contribution in [0.1, 0.15) is 19.5 Å². The monoisotopic (exact) mass is 197 g/mol. The summed E-state index contributed by atoms with van der Waals surface area (Å²) in [6.45, 7) is 4.91. The van der Waals surface area contributed by atoms with Gasteiger partial charge in [-0.25, -0.2) is 0 Å². The SMILES string of the molecule is CCc1nn(C)cc1NC(C)COC. The third-order valence-corrected chi connectivity index (χ3v) is 2.06. The average Bonchev–Trinajstić information content (AvgIpc) is 2.46. The lowest BCUT2D eigenvalue weighted by atomic mass is 10.2. The summed E-state index contributed by atoms with van der Waals surface area (Å²) < 4.78 is 6.90. The lowest BCUT2D eigenvalue weighted by molar-refractivity contribution is 0.190. The van der Waals surface area contributed by atoms with Gasteiger partial charge in [0.25, 0.3) is 0 Å². The van der Waals surface area contributed by atoms with Gasteiger partial charge in [-0.3, -0.25) is 4.68 Å². The van der Waals surface area contributed by atoms with Gasteiger partial charge in [0, 0.05) is 26.4 Å². The van der Waals surface area contributed by atoms with Crippen LogP contribution in [0.5, 0.6) is 0 Å². The zero-order valence-electron chi connectivity index (χ0n) is 9.37. The zero-order chi connectivity index (χ0) is 10.6. The Morgan fingerprint density at radius 1 is 1.64 bits per heavy atom. The van der Waals surface area contributed by atoms with Crippen LogP contribution in [0.3, 0.4) is 0 Å². The molecule has 0 aromatic carbocycles. The molecule has 0 fully saturated rings. The molecule has 1 unspecified atom stereocenters. The van der Waals surface area contributed by atoms with Crippen LogP contribution in [-0.4, -0.2) is 29.5 Å². The fourth-order valence-electron chi connectivity index (χ4n) is 1.47. The number of rotatable bonds is 5. The maximum Gasteiger partial charge on any atom is 0.0853 e. The van der Waals surface area contributed by atoms with Gasteiger partial charge in [0.1, 0.15) is 0 Å². The quantitative estimate of drug-likeness (QED) is 0.776. The molecular formula is C10H19N3O. The number of methoxy groups -OCH3 is 1. The Morgan fingerprint density at radius 2 is 2.36 bits per heavy atom. The number of nitrogens with one attached hydrogen (secondary N) is 1. The van der Waals surface area contributed by atoms with Crippen molar-refractivity contribution in [1.82, 2.24) is 9.78 Å². The van der Waals surface area contributed by atoms with Crippen molar-refractivity contribution < 1.29 is 4.74 Å². The molecule has 0 aliphatic carbocycles. The molecule has 0 saturated heterocycles. The molecule has 0 radical (unpaired) electrons. The van der Waals surface area contributed by atoms with Crippen LogP contribution < -0.4 is 5.32 Å². The van der Waals surface area contributed by atoms with Crippen LogP contribution in [0.25, 0.3) is 0 Å². The number of aromatic nitrogens is 2. The molecule has 1 aromatic heterocycles. The van der Waals surface area contributed by atoms with Crippen molar-refractivity contribution in [3.8, 4) is 0 Å². The van der Waals surface area contributed by atoms with Crippen molar-refractivity contribution in [2.75, 3.05) is 19.0 Å². The van der Waals surface area contributed by atoms with E-state index in [1.807, 2.05) is 17.9 Å². The maximum absolute atomic E-state index is 5.07. The van der Waals surface area contributed by atoms with E-state index in [0.717, 1.165) is 17.8 Å². The predicted octanol–water partition coefficient (Wildman–Crippen LogP) is 1.43. The van der Waals surface area contributed by atoms with E-state index in [0.29, 0.717) is 12.6 Å². The second-order valence-electron chi connectivity index (χ2n) is 3.52. The minimum absolute atomic E-state index is 0.314. The van der Waals surface area contributed by atoms with Crippen molar-refractivity contribution in [1.29, 1.82) is 0 Å². The van der Waals surface area contributed by atoms with Crippen LogP contribution >= 0.6 is 0 Å². The molecule has 0 amide bonds. The number of aryl methyl sites for hydroxylation is 2. The Morgan fingerprint density at radius 3 is 2.93 bits per heavy atom. The van der Waals surface area contributed by atoms with Crippen molar-refractivity contribution >= 4 is 5.69 Å². The van der Waals surface area contributed by atoms with E-state index in [4.69, 9.17) is 4.74 Å². The van der Waals surface area contributed by atoms with Crippen LogP contribution in [-0.2, 0) is 18.2 Å². The lowest BCUT2D eigenvalue weighted by Crippen LogP contribution is -2.21. The molecule has 4 heteroatoms. The second kappa shape index (κ2) is 5.00. The normalized spacial score (nSPS) is 12.9. The highest BCUT2D eigenvalue weighted by molar-refractivity contribution is 5.47. The molecular weight excluding hydrogens is 178 g/mol. The molecule has 0 bridgehead atoms. The number of anilines is 1. The number of nitrogens with zero attached hydrogens (tertiary/aromatic N) is 2. The fraction of sp³-hybridized carbons (Fsp3) is 0.700. The number of hydrogen-bond donors (Lipinski definition) is 1. The summed E-state index contributed by atoms with van der Waals surface area (Å²) in [4.78, 5) is 0. The number of hydrogen-bond acceptors (Lipinski definition) is 3. The van der Waals surface area contributed by atoms with Gasteiger partial charge >= 0.3 is 0 Å². The van der Waals surface area contributed by atoms with Gasteiger partial charge in [0.15, 0.2) is 0 Å². The van der Waals surface area contributed by atoms with E-state index >= 15 is 0 Å². The Hall–Kier alpha value is -1.03. The summed E-state index contributed by atoms with van der Waals surface area (Å²) in [6, 6.07) is 0.314. The molecule has 1 atom stereocenters. The average molecular weight is 197 g/mol. The molecule has 1 aromatic rings. The maximum atomic E-state index is 5.07. The molecule has 0 spiro atoms. The van der Waals surface area contributed by atoms with E-state index in [1.165, 1.54) is 0 Å². The smallest absolute Gasteiger partial charge is 0.0853 e. The molecule has 0 aliphatic heterocycles. The van der Waals surface area contributed by atoms with Gasteiger partial charge < -0.3 is 10.1 Å². The third-order valence-electron chi connectivity index (χ3n) is 2.06. The summed E-state index contributed by atoms with van der Waals surface area (Å²) in [5.74, 6) is 0. The molecule has 80 valence electrons. The van der Waals surface area contributed by atoms with Crippen LogP contribution in [0.15, 0.2) is 6.20 Å². The summed E-state index contributed by atoms with van der Waals surface area (Å²) in [6.07, 6.45) is 2.95. The fourth-order valence-corrected chi connectivity index (χ4v) is 1.47. The van der Waals surface area contributed by atoms with E-state index in [2.05, 4.69) is 24.3 Å². The van der Waals surface area contributed by atoms with E-state index in [-0.39, 0.29) is 0 Å². The summed E-state index contributed by atoms with van der Waals surface area (Å²) in [7, 11) is 3.65. The molecule has 0 saturated carbocycles. The van der Waals surface area contributed by atoms with E-state index in [1.54, 1.807) is 7.11 Å². The van der Waals surface area contributed by atoms with E-state index in [9.17, 15) is 0 Å². The Kier molecular flexibility index (Phi) is 3.95. The van der Waals surface area contributed by atoms with Gasteiger partial charge in [0.2, 0.25) is 0 Å². The molecule has 1 heterocycles. The first kappa shape index (κ1) is 11.0. The molecule has 14 heavy (non-hydrogen) atoms. The van der Waals surface area contributed by atoms with Crippen molar-refractivity contribution in [3.63, 3.8) is 0 Å². The van der Waals surface area contributed by atoms with Crippen molar-refractivity contribution in [2.24, 2.45) is 7.05 Å². The highest BCUT2D eigenvalue weighted by atomic mass is 16.5. The standard InChI is InChI=1S/C10H19N3O/c1-5-9-10(6-13(3)12-9)11-8(2)7-14-4/h6,8,11H,5,7H2,1-4H3. The molecule has 1 rings (SSSR count). The van der Waals surface area contributed by atoms with Gasteiger partial charge in [-0.15, -0.1) is 0 Å². The summed E-state index contributed by atoms with van der Waals surface area (Å²) in [5.41, 5.74) is 2.22. The number of ether oxygens (including phenoxy) is 1. The Balaban J connectivity index is 2.65. The van der Waals surface area contributed by atoms with E-state index < -0.39 is 0 Å². The first-order valence-corrected chi connectivity index (χ1v) is 4.95.